The van der Waals surface area contributed by atoms with Gasteiger partial charge < -0.3 is 0 Å². The second-order valence-electron chi connectivity index (χ2n) is 4.46. The van der Waals surface area contributed by atoms with Crippen molar-refractivity contribution in [2.24, 2.45) is 5.41 Å². The lowest BCUT2D eigenvalue weighted by Gasteiger charge is -2.20. The van der Waals surface area contributed by atoms with Gasteiger partial charge in [-0.15, -0.1) is 0 Å². The number of carbonyl (C=O) groups excluding carboxylic acids is 1. The molecule has 0 heterocycles. The molecule has 82 valence electrons. The molecule has 0 N–H and O–H groups in total. The number of ketones is 1. The van der Waals surface area contributed by atoms with Crippen molar-refractivity contribution in [3.63, 3.8) is 0 Å². The van der Waals surface area contributed by atoms with Crippen molar-refractivity contribution in [3.05, 3.63) is 34.3 Å². The molecule has 1 aromatic carbocycles. The van der Waals surface area contributed by atoms with Crippen LogP contribution >= 0.6 is 15.9 Å². The zero-order valence-corrected chi connectivity index (χ0v) is 11.1. The Balaban J connectivity index is 2.71. The topological polar surface area (TPSA) is 17.1 Å². The Morgan fingerprint density at radius 2 is 1.80 bits per heavy atom. The predicted octanol–water partition coefficient (Wildman–Crippen LogP) is 4.00. The molecule has 0 atom stereocenters. The largest absolute Gasteiger partial charge is 0.299 e. The molecule has 0 saturated heterocycles. The van der Waals surface area contributed by atoms with Crippen LogP contribution in [0.3, 0.4) is 0 Å². The van der Waals surface area contributed by atoms with Gasteiger partial charge >= 0.3 is 0 Å². The van der Waals surface area contributed by atoms with Gasteiger partial charge in [-0.05, 0) is 24.1 Å². The highest BCUT2D eigenvalue weighted by atomic mass is 79.9. The van der Waals surface area contributed by atoms with Crippen LogP contribution in [0.15, 0.2) is 28.7 Å². The van der Waals surface area contributed by atoms with Gasteiger partial charge in [0.25, 0.3) is 0 Å². The molecule has 0 amide bonds. The third-order valence-electron chi connectivity index (χ3n) is 2.92. The fourth-order valence-electron chi connectivity index (χ4n) is 1.22. The highest BCUT2D eigenvalue weighted by molar-refractivity contribution is 9.10. The van der Waals surface area contributed by atoms with E-state index in [1.807, 2.05) is 38.1 Å². The van der Waals surface area contributed by atoms with E-state index in [1.165, 1.54) is 0 Å². The molecular weight excluding hydrogens is 252 g/mol. The zero-order valence-electron chi connectivity index (χ0n) is 9.51. The number of Topliss-reactive ketones (excluding diaryl/α,β-unsaturated/α-hetero) is 1. The molecule has 0 aliphatic carbocycles. The van der Waals surface area contributed by atoms with Crippen LogP contribution < -0.4 is 0 Å². The van der Waals surface area contributed by atoms with Crippen molar-refractivity contribution >= 4 is 21.7 Å². The van der Waals surface area contributed by atoms with E-state index in [2.05, 4.69) is 22.9 Å². The Hall–Kier alpha value is -0.630. The van der Waals surface area contributed by atoms with Gasteiger partial charge in [-0.1, -0.05) is 48.8 Å². The lowest BCUT2D eigenvalue weighted by Crippen LogP contribution is -2.24. The molecule has 2 heteroatoms. The maximum absolute atomic E-state index is 11.9. The minimum absolute atomic E-state index is 0.201. The minimum Gasteiger partial charge on any atom is -0.299 e. The summed E-state index contributed by atoms with van der Waals surface area (Å²) < 4.78 is 1.05. The Labute approximate surface area is 100 Å². The molecule has 1 nitrogen and oxygen atoms in total. The van der Waals surface area contributed by atoms with Gasteiger partial charge in [0.05, 0.1) is 0 Å². The number of halogens is 1. The average molecular weight is 269 g/mol. The van der Waals surface area contributed by atoms with Gasteiger partial charge in [-0.2, -0.15) is 0 Å². The fourth-order valence-corrected chi connectivity index (χ4v) is 1.49. The van der Waals surface area contributed by atoms with E-state index in [0.29, 0.717) is 12.2 Å². The molecule has 1 rings (SSSR count). The summed E-state index contributed by atoms with van der Waals surface area (Å²) in [5.74, 6) is 0.312. The van der Waals surface area contributed by atoms with Gasteiger partial charge in [0.15, 0.2) is 0 Å². The molecule has 0 saturated carbocycles. The number of rotatable bonds is 4. The Bertz CT molecular complexity index is 338. The normalized spacial score (nSPS) is 11.5. The highest BCUT2D eigenvalue weighted by Crippen LogP contribution is 2.23. The van der Waals surface area contributed by atoms with Gasteiger partial charge in [0.2, 0.25) is 0 Å². The van der Waals surface area contributed by atoms with Crippen LogP contribution in [0.4, 0.5) is 0 Å². The molecule has 15 heavy (non-hydrogen) atoms. The maximum Gasteiger partial charge on any atom is 0.142 e. The van der Waals surface area contributed by atoms with Gasteiger partial charge in [0.1, 0.15) is 5.78 Å². The quantitative estimate of drug-likeness (QED) is 0.807. The second-order valence-corrected chi connectivity index (χ2v) is 5.38. The van der Waals surface area contributed by atoms with E-state index in [-0.39, 0.29) is 5.41 Å². The van der Waals surface area contributed by atoms with E-state index in [9.17, 15) is 4.79 Å². The lowest BCUT2D eigenvalue weighted by molar-refractivity contribution is -0.126. The number of hydrogen-bond acceptors (Lipinski definition) is 1. The standard InChI is InChI=1S/C13H17BrO/c1-4-13(2,3)12(15)9-10-5-7-11(14)8-6-10/h5-8H,4,9H2,1-3H3. The Morgan fingerprint density at radius 1 is 1.27 bits per heavy atom. The van der Waals surface area contributed by atoms with E-state index in [4.69, 9.17) is 0 Å². The molecular formula is C13H17BrO. The van der Waals surface area contributed by atoms with Crippen LogP contribution in [-0.4, -0.2) is 5.78 Å². The van der Waals surface area contributed by atoms with Gasteiger partial charge in [0, 0.05) is 16.3 Å². The van der Waals surface area contributed by atoms with Crippen molar-refractivity contribution in [1.82, 2.24) is 0 Å². The molecule has 0 unspecified atom stereocenters. The van der Waals surface area contributed by atoms with Crippen LogP contribution in [0.1, 0.15) is 32.8 Å². The molecule has 0 spiro atoms. The van der Waals surface area contributed by atoms with Crippen LogP contribution in [0.25, 0.3) is 0 Å². The predicted molar refractivity (Wildman–Crippen MR) is 66.9 cm³/mol. The first-order chi connectivity index (χ1) is 6.95. The maximum atomic E-state index is 11.9. The highest BCUT2D eigenvalue weighted by Gasteiger charge is 2.24. The summed E-state index contributed by atoms with van der Waals surface area (Å²) in [6.07, 6.45) is 1.43. The van der Waals surface area contributed by atoms with E-state index < -0.39 is 0 Å². The summed E-state index contributed by atoms with van der Waals surface area (Å²) in [6, 6.07) is 7.94. The fraction of sp³-hybridized carbons (Fsp3) is 0.462. The summed E-state index contributed by atoms with van der Waals surface area (Å²) in [7, 11) is 0. The van der Waals surface area contributed by atoms with Crippen LogP contribution in [0, 0.1) is 5.41 Å². The lowest BCUT2D eigenvalue weighted by atomic mass is 9.82. The molecule has 0 aromatic heterocycles. The molecule has 0 aliphatic rings. The summed E-state index contributed by atoms with van der Waals surface area (Å²) in [6.45, 7) is 6.07. The number of hydrogen-bond donors (Lipinski definition) is 0. The Kier molecular flexibility index (Phi) is 4.09. The zero-order chi connectivity index (χ0) is 11.5. The van der Waals surface area contributed by atoms with Crippen molar-refractivity contribution in [3.8, 4) is 0 Å². The number of benzene rings is 1. The first-order valence-corrected chi connectivity index (χ1v) is 6.03. The van der Waals surface area contributed by atoms with Crippen molar-refractivity contribution in [2.45, 2.75) is 33.6 Å². The second kappa shape index (κ2) is 4.93. The summed E-state index contributed by atoms with van der Waals surface area (Å²) >= 11 is 3.38. The molecule has 1 aromatic rings. The number of carbonyl (C=O) groups is 1. The van der Waals surface area contributed by atoms with E-state index in [1.54, 1.807) is 0 Å². The van der Waals surface area contributed by atoms with Crippen LogP contribution in [0.5, 0.6) is 0 Å². The molecule has 0 radical (unpaired) electrons. The first-order valence-electron chi connectivity index (χ1n) is 5.23. The minimum atomic E-state index is -0.201. The Morgan fingerprint density at radius 3 is 2.27 bits per heavy atom. The smallest absolute Gasteiger partial charge is 0.142 e. The third kappa shape index (κ3) is 3.45. The monoisotopic (exact) mass is 268 g/mol. The van der Waals surface area contributed by atoms with E-state index >= 15 is 0 Å². The van der Waals surface area contributed by atoms with Gasteiger partial charge in [-0.3, -0.25) is 4.79 Å². The van der Waals surface area contributed by atoms with Gasteiger partial charge in [-0.25, -0.2) is 0 Å². The molecule has 0 aliphatic heterocycles. The average Bonchev–Trinajstić information content (AvgIpc) is 2.21. The van der Waals surface area contributed by atoms with Crippen LogP contribution in [-0.2, 0) is 11.2 Å². The molecule has 0 fully saturated rings. The summed E-state index contributed by atoms with van der Waals surface area (Å²) in [4.78, 5) is 11.9. The SMILES string of the molecule is CCC(C)(C)C(=O)Cc1ccc(Br)cc1. The van der Waals surface area contributed by atoms with Crippen molar-refractivity contribution in [2.75, 3.05) is 0 Å². The van der Waals surface area contributed by atoms with Crippen molar-refractivity contribution in [1.29, 1.82) is 0 Å². The van der Waals surface area contributed by atoms with Crippen molar-refractivity contribution < 1.29 is 4.79 Å². The summed E-state index contributed by atoms with van der Waals surface area (Å²) in [5.41, 5.74) is 0.886. The summed E-state index contributed by atoms with van der Waals surface area (Å²) in [5, 5.41) is 0. The first kappa shape index (κ1) is 12.4. The molecule has 0 bridgehead atoms. The van der Waals surface area contributed by atoms with Crippen LogP contribution in [0.2, 0.25) is 0 Å². The third-order valence-corrected chi connectivity index (χ3v) is 3.45. The van der Waals surface area contributed by atoms with E-state index in [0.717, 1.165) is 16.5 Å².